The highest BCUT2D eigenvalue weighted by molar-refractivity contribution is 9.11. The van der Waals surface area contributed by atoms with Crippen LogP contribution in [0, 0.1) is 0 Å². The Morgan fingerprint density at radius 2 is 2.00 bits per heavy atom. The lowest BCUT2D eigenvalue weighted by molar-refractivity contribution is 0.411. The van der Waals surface area contributed by atoms with E-state index in [-0.39, 0.29) is 0 Å². The monoisotopic (exact) mass is 387 g/mol. The number of halogens is 2. The van der Waals surface area contributed by atoms with Crippen molar-refractivity contribution in [2.45, 2.75) is 0 Å². The van der Waals surface area contributed by atoms with Crippen LogP contribution in [0.15, 0.2) is 33.3 Å². The van der Waals surface area contributed by atoms with Crippen molar-refractivity contribution in [1.29, 1.82) is 0 Å². The van der Waals surface area contributed by atoms with E-state index < -0.39 is 0 Å². The van der Waals surface area contributed by atoms with Gasteiger partial charge in [-0.25, -0.2) is 4.98 Å². The molecule has 0 unspecified atom stereocenters. The number of aromatic nitrogens is 2. The van der Waals surface area contributed by atoms with Crippen LogP contribution >= 0.6 is 31.9 Å². The van der Waals surface area contributed by atoms with Crippen LogP contribution < -0.4 is 14.8 Å². The lowest BCUT2D eigenvalue weighted by Gasteiger charge is -2.10. The summed E-state index contributed by atoms with van der Waals surface area (Å²) >= 11 is 6.78. The molecule has 5 nitrogen and oxygen atoms in total. The minimum absolute atomic E-state index is 0.435. The first kappa shape index (κ1) is 14.1. The van der Waals surface area contributed by atoms with Gasteiger partial charge in [-0.2, -0.15) is 4.98 Å². The summed E-state index contributed by atoms with van der Waals surface area (Å²) in [6.07, 6.45) is 1.63. The molecule has 19 heavy (non-hydrogen) atoms. The summed E-state index contributed by atoms with van der Waals surface area (Å²) < 4.78 is 12.3. The van der Waals surface area contributed by atoms with Crippen LogP contribution in [0.1, 0.15) is 0 Å². The fourth-order valence-corrected chi connectivity index (χ4v) is 2.05. The zero-order valence-electron chi connectivity index (χ0n) is 10.3. The summed E-state index contributed by atoms with van der Waals surface area (Å²) in [5, 5.41) is 2.86. The molecule has 1 aromatic carbocycles. The minimum atomic E-state index is 0.435. The van der Waals surface area contributed by atoms with Gasteiger partial charge in [-0.3, -0.25) is 0 Å². The number of nitrogens with zero attached hydrogens (tertiary/aromatic N) is 2. The van der Waals surface area contributed by atoms with Crippen molar-refractivity contribution in [3.8, 4) is 17.4 Å². The first-order valence-electron chi connectivity index (χ1n) is 5.35. The van der Waals surface area contributed by atoms with Crippen LogP contribution in [-0.4, -0.2) is 24.1 Å². The van der Waals surface area contributed by atoms with Gasteiger partial charge in [0.2, 0.25) is 11.8 Å². The maximum Gasteiger partial charge on any atom is 0.238 e. The summed E-state index contributed by atoms with van der Waals surface area (Å²) in [6, 6.07) is 5.44. The van der Waals surface area contributed by atoms with Gasteiger partial charge >= 0.3 is 0 Å². The first-order valence-corrected chi connectivity index (χ1v) is 6.94. The van der Waals surface area contributed by atoms with Crippen LogP contribution in [-0.2, 0) is 0 Å². The molecule has 0 atom stereocenters. The molecule has 0 aliphatic heterocycles. The van der Waals surface area contributed by atoms with E-state index in [0.29, 0.717) is 22.1 Å². The summed E-state index contributed by atoms with van der Waals surface area (Å²) in [7, 11) is 3.36. The topological polar surface area (TPSA) is 56.3 Å². The lowest BCUT2D eigenvalue weighted by Crippen LogP contribution is -1.98. The third-order valence-corrected chi connectivity index (χ3v) is 3.44. The molecule has 100 valence electrons. The second-order valence-corrected chi connectivity index (χ2v) is 5.20. The first-order chi connectivity index (χ1) is 9.13. The van der Waals surface area contributed by atoms with Crippen molar-refractivity contribution >= 4 is 37.8 Å². The number of ether oxygens (including phenoxy) is 2. The van der Waals surface area contributed by atoms with E-state index in [1.165, 1.54) is 0 Å². The average Bonchev–Trinajstić information content (AvgIpc) is 2.43. The maximum absolute atomic E-state index is 5.74. The number of benzene rings is 1. The molecule has 1 aromatic heterocycles. The number of hydrogen-bond donors (Lipinski definition) is 1. The molecule has 7 heteroatoms. The molecule has 2 rings (SSSR count). The van der Waals surface area contributed by atoms with Gasteiger partial charge in [0.25, 0.3) is 0 Å². The van der Waals surface area contributed by atoms with Crippen molar-refractivity contribution in [2.75, 3.05) is 19.5 Å². The van der Waals surface area contributed by atoms with Gasteiger partial charge in [0.1, 0.15) is 11.5 Å². The summed E-state index contributed by atoms with van der Waals surface area (Å²) in [5.74, 6) is 2.31. The van der Waals surface area contributed by atoms with Crippen LogP contribution in [0.2, 0.25) is 0 Å². The summed E-state index contributed by atoms with van der Waals surface area (Å²) in [5.41, 5.74) is 0. The SMILES string of the molecule is CNc1ncc(Br)c(Oc2ccc(OC)cc2Br)n1. The van der Waals surface area contributed by atoms with E-state index in [9.17, 15) is 0 Å². The molecule has 0 amide bonds. The molecule has 0 radical (unpaired) electrons. The lowest BCUT2D eigenvalue weighted by atomic mass is 10.3. The predicted octanol–water partition coefficient (Wildman–Crippen LogP) is 3.84. The van der Waals surface area contributed by atoms with E-state index >= 15 is 0 Å². The minimum Gasteiger partial charge on any atom is -0.497 e. The molecular formula is C12H11Br2N3O2. The Bertz CT molecular complexity index is 593. The Labute approximate surface area is 127 Å². The molecule has 0 bridgehead atoms. The van der Waals surface area contributed by atoms with Gasteiger partial charge < -0.3 is 14.8 Å². The second kappa shape index (κ2) is 6.21. The normalized spacial score (nSPS) is 10.1. The van der Waals surface area contributed by atoms with Gasteiger partial charge in [0, 0.05) is 7.05 Å². The Morgan fingerprint density at radius 1 is 1.21 bits per heavy atom. The second-order valence-electron chi connectivity index (χ2n) is 3.50. The van der Waals surface area contributed by atoms with Gasteiger partial charge in [-0.15, -0.1) is 0 Å². The molecule has 0 saturated heterocycles. The highest BCUT2D eigenvalue weighted by Crippen LogP contribution is 2.34. The van der Waals surface area contributed by atoms with Crippen LogP contribution in [0.25, 0.3) is 0 Å². The molecular weight excluding hydrogens is 378 g/mol. The van der Waals surface area contributed by atoms with E-state index in [4.69, 9.17) is 9.47 Å². The standard InChI is InChI=1S/C12H11Br2N3O2/c1-15-12-16-6-9(14)11(17-12)19-10-4-3-7(18-2)5-8(10)13/h3-6H,1-2H3,(H,15,16,17). The number of rotatable bonds is 4. The van der Waals surface area contributed by atoms with E-state index in [2.05, 4.69) is 47.1 Å². The molecule has 0 aliphatic carbocycles. The van der Waals surface area contributed by atoms with E-state index in [0.717, 1.165) is 10.2 Å². The van der Waals surface area contributed by atoms with Gasteiger partial charge in [-0.1, -0.05) is 0 Å². The maximum atomic E-state index is 5.74. The molecule has 2 aromatic rings. The highest BCUT2D eigenvalue weighted by Gasteiger charge is 2.10. The molecule has 1 heterocycles. The number of nitrogens with one attached hydrogen (secondary N) is 1. The Morgan fingerprint density at radius 3 is 2.63 bits per heavy atom. The Hall–Kier alpha value is -1.34. The Kier molecular flexibility index (Phi) is 4.60. The highest BCUT2D eigenvalue weighted by atomic mass is 79.9. The summed E-state index contributed by atoms with van der Waals surface area (Å²) in [6.45, 7) is 0. The summed E-state index contributed by atoms with van der Waals surface area (Å²) in [4.78, 5) is 8.29. The van der Waals surface area contributed by atoms with Crippen molar-refractivity contribution < 1.29 is 9.47 Å². The van der Waals surface area contributed by atoms with Gasteiger partial charge in [0.15, 0.2) is 0 Å². The van der Waals surface area contributed by atoms with Gasteiger partial charge in [0.05, 0.1) is 22.3 Å². The third-order valence-electron chi connectivity index (χ3n) is 2.28. The Balaban J connectivity index is 2.30. The molecule has 1 N–H and O–H groups in total. The van der Waals surface area contributed by atoms with E-state index in [1.807, 2.05) is 12.1 Å². The van der Waals surface area contributed by atoms with Gasteiger partial charge in [-0.05, 0) is 50.1 Å². The van der Waals surface area contributed by atoms with Crippen LogP contribution in [0.5, 0.6) is 17.4 Å². The van der Waals surface area contributed by atoms with Crippen LogP contribution in [0.4, 0.5) is 5.95 Å². The van der Waals surface area contributed by atoms with Crippen molar-refractivity contribution in [2.24, 2.45) is 0 Å². The molecule has 0 spiro atoms. The molecule has 0 aliphatic rings. The quantitative estimate of drug-likeness (QED) is 0.862. The van der Waals surface area contributed by atoms with Crippen molar-refractivity contribution in [3.63, 3.8) is 0 Å². The zero-order chi connectivity index (χ0) is 13.8. The molecule has 0 fully saturated rings. The number of methoxy groups -OCH3 is 1. The predicted molar refractivity (Wildman–Crippen MR) is 80.0 cm³/mol. The van der Waals surface area contributed by atoms with Crippen molar-refractivity contribution in [1.82, 2.24) is 9.97 Å². The molecule has 0 saturated carbocycles. The smallest absolute Gasteiger partial charge is 0.238 e. The fraction of sp³-hybridized carbons (Fsp3) is 0.167. The average molecular weight is 389 g/mol. The van der Waals surface area contributed by atoms with Crippen LogP contribution in [0.3, 0.4) is 0 Å². The zero-order valence-corrected chi connectivity index (χ0v) is 13.4. The number of hydrogen-bond acceptors (Lipinski definition) is 5. The van der Waals surface area contributed by atoms with E-state index in [1.54, 1.807) is 26.4 Å². The van der Waals surface area contributed by atoms with Crippen molar-refractivity contribution in [3.05, 3.63) is 33.3 Å². The third kappa shape index (κ3) is 3.36. The number of anilines is 1. The fourth-order valence-electron chi connectivity index (χ4n) is 1.34. The largest absolute Gasteiger partial charge is 0.497 e.